The lowest BCUT2D eigenvalue weighted by molar-refractivity contribution is 0.867. The summed E-state index contributed by atoms with van der Waals surface area (Å²) in [6, 6.07) is 10.5. The molecular formula is C20H34. The van der Waals surface area contributed by atoms with Gasteiger partial charge in [0.2, 0.25) is 0 Å². The first kappa shape index (κ1) is 21.0. The molecule has 1 aliphatic rings. The molecule has 0 unspecified atom stereocenters. The van der Waals surface area contributed by atoms with Crippen LogP contribution in [0.4, 0.5) is 0 Å². The summed E-state index contributed by atoms with van der Waals surface area (Å²) in [7, 11) is 0. The molecule has 1 aliphatic carbocycles. The zero-order chi connectivity index (χ0) is 15.8. The van der Waals surface area contributed by atoms with Gasteiger partial charge in [0.15, 0.2) is 0 Å². The summed E-state index contributed by atoms with van der Waals surface area (Å²) in [5.74, 6) is 0.659. The standard InChI is InChI=1S/C9H12.C7H10.2C2H6/c1-8(2)9-6-4-3-5-7-9;1-7-5-3-2-4-6-7;2*1-2/h3-8H,1-2H3;3,5-6H,2,4H2,1H3;2*1-2H3. The SMILES string of the molecule is CC.CC.CC(C)c1ccccc1.CC1=CCCC=C1. The molecule has 0 saturated heterocycles. The fraction of sp³-hybridized carbons (Fsp3) is 0.500. The molecule has 0 heterocycles. The van der Waals surface area contributed by atoms with Crippen LogP contribution >= 0.6 is 0 Å². The molecule has 20 heavy (non-hydrogen) atoms. The second-order valence-electron chi connectivity index (χ2n) is 4.49. The van der Waals surface area contributed by atoms with E-state index in [1.807, 2.05) is 33.8 Å². The summed E-state index contributed by atoms with van der Waals surface area (Å²) < 4.78 is 0. The lowest BCUT2D eigenvalue weighted by Gasteiger charge is -2.01. The molecule has 114 valence electrons. The van der Waals surface area contributed by atoms with Gasteiger partial charge >= 0.3 is 0 Å². The van der Waals surface area contributed by atoms with Gasteiger partial charge < -0.3 is 0 Å². The Hall–Kier alpha value is -1.30. The van der Waals surface area contributed by atoms with Crippen LogP contribution < -0.4 is 0 Å². The Labute approximate surface area is 127 Å². The van der Waals surface area contributed by atoms with Crippen LogP contribution in [-0.2, 0) is 0 Å². The Morgan fingerprint density at radius 1 is 0.850 bits per heavy atom. The van der Waals surface area contributed by atoms with Crippen molar-refractivity contribution in [3.8, 4) is 0 Å². The van der Waals surface area contributed by atoms with Crippen LogP contribution in [0.25, 0.3) is 0 Å². The first-order chi connectivity index (χ1) is 9.70. The molecule has 1 aromatic carbocycles. The number of benzene rings is 1. The van der Waals surface area contributed by atoms with Crippen molar-refractivity contribution in [3.05, 3.63) is 59.7 Å². The predicted octanol–water partition coefficient (Wildman–Crippen LogP) is 7.15. The second kappa shape index (κ2) is 15.8. The largest absolute Gasteiger partial charge is 0.0840 e. The molecular weight excluding hydrogens is 240 g/mol. The smallest absolute Gasteiger partial charge is 0.0219 e. The minimum absolute atomic E-state index is 0.659. The van der Waals surface area contributed by atoms with Gasteiger partial charge in [0.25, 0.3) is 0 Å². The third-order valence-electron chi connectivity index (χ3n) is 2.65. The van der Waals surface area contributed by atoms with Gasteiger partial charge in [0.05, 0.1) is 0 Å². The molecule has 0 fully saturated rings. The van der Waals surface area contributed by atoms with E-state index in [1.54, 1.807) is 0 Å². The first-order valence-electron chi connectivity index (χ1n) is 8.08. The van der Waals surface area contributed by atoms with Crippen molar-refractivity contribution in [1.29, 1.82) is 0 Å². The van der Waals surface area contributed by atoms with Crippen LogP contribution in [0.1, 0.15) is 72.8 Å². The van der Waals surface area contributed by atoms with Gasteiger partial charge in [-0.3, -0.25) is 0 Å². The molecule has 1 aromatic rings. The van der Waals surface area contributed by atoms with E-state index in [-0.39, 0.29) is 0 Å². The van der Waals surface area contributed by atoms with E-state index in [0.717, 1.165) is 0 Å². The van der Waals surface area contributed by atoms with Gasteiger partial charge in [-0.15, -0.1) is 0 Å². The summed E-state index contributed by atoms with van der Waals surface area (Å²) >= 11 is 0. The lowest BCUT2D eigenvalue weighted by Crippen LogP contribution is -1.83. The van der Waals surface area contributed by atoms with Crippen molar-refractivity contribution in [1.82, 2.24) is 0 Å². The topological polar surface area (TPSA) is 0 Å². The van der Waals surface area contributed by atoms with E-state index < -0.39 is 0 Å². The van der Waals surface area contributed by atoms with Gasteiger partial charge in [0.1, 0.15) is 0 Å². The average molecular weight is 274 g/mol. The van der Waals surface area contributed by atoms with Crippen LogP contribution in [0, 0.1) is 0 Å². The van der Waals surface area contributed by atoms with Crippen molar-refractivity contribution in [2.75, 3.05) is 0 Å². The second-order valence-corrected chi connectivity index (χ2v) is 4.49. The zero-order valence-corrected chi connectivity index (χ0v) is 14.6. The maximum Gasteiger partial charge on any atom is -0.0219 e. The summed E-state index contributed by atoms with van der Waals surface area (Å²) in [6.07, 6.45) is 9.12. The van der Waals surface area contributed by atoms with E-state index in [9.17, 15) is 0 Å². The average Bonchev–Trinajstić information content (AvgIpc) is 2.53. The van der Waals surface area contributed by atoms with E-state index in [2.05, 4.69) is 63.3 Å². The minimum Gasteiger partial charge on any atom is -0.0840 e. The summed E-state index contributed by atoms with van der Waals surface area (Å²) in [4.78, 5) is 0. The maximum absolute atomic E-state index is 2.26. The van der Waals surface area contributed by atoms with E-state index in [4.69, 9.17) is 0 Å². The molecule has 0 spiro atoms. The van der Waals surface area contributed by atoms with Crippen LogP contribution in [0.3, 0.4) is 0 Å². The zero-order valence-electron chi connectivity index (χ0n) is 14.6. The van der Waals surface area contributed by atoms with Crippen molar-refractivity contribution >= 4 is 0 Å². The Balaban J connectivity index is 0. The van der Waals surface area contributed by atoms with Gasteiger partial charge in [-0.05, 0) is 31.2 Å². The van der Waals surface area contributed by atoms with Gasteiger partial charge in [0, 0.05) is 0 Å². The molecule has 0 nitrogen and oxygen atoms in total. The molecule has 0 aliphatic heterocycles. The van der Waals surface area contributed by atoms with Crippen LogP contribution in [0.5, 0.6) is 0 Å². The Morgan fingerprint density at radius 2 is 1.40 bits per heavy atom. The Kier molecular flexibility index (Phi) is 16.5. The summed E-state index contributed by atoms with van der Waals surface area (Å²) in [5.41, 5.74) is 2.82. The molecule has 0 heteroatoms. The molecule has 0 amide bonds. The highest BCUT2D eigenvalue weighted by Gasteiger charge is 1.93. The molecule has 0 atom stereocenters. The van der Waals surface area contributed by atoms with Gasteiger partial charge in [-0.2, -0.15) is 0 Å². The monoisotopic (exact) mass is 274 g/mol. The number of hydrogen-bond donors (Lipinski definition) is 0. The highest BCUT2D eigenvalue weighted by molar-refractivity contribution is 5.19. The molecule has 0 saturated carbocycles. The van der Waals surface area contributed by atoms with E-state index in [1.165, 1.54) is 24.0 Å². The van der Waals surface area contributed by atoms with Crippen LogP contribution in [-0.4, -0.2) is 0 Å². The number of rotatable bonds is 1. The normalized spacial score (nSPS) is 11.9. The Morgan fingerprint density at radius 3 is 1.65 bits per heavy atom. The maximum atomic E-state index is 2.26. The van der Waals surface area contributed by atoms with Crippen LogP contribution in [0.15, 0.2) is 54.1 Å². The van der Waals surface area contributed by atoms with E-state index in [0.29, 0.717) is 5.92 Å². The minimum atomic E-state index is 0.659. The molecule has 0 N–H and O–H groups in total. The fourth-order valence-electron chi connectivity index (χ4n) is 1.58. The Bertz CT molecular complexity index is 342. The number of allylic oxidation sites excluding steroid dienone is 4. The van der Waals surface area contributed by atoms with Gasteiger partial charge in [-0.1, -0.05) is 95.7 Å². The third-order valence-corrected chi connectivity index (χ3v) is 2.65. The third kappa shape index (κ3) is 11.8. The molecule has 0 aromatic heterocycles. The summed E-state index contributed by atoms with van der Waals surface area (Å²) in [5, 5.41) is 0. The highest BCUT2D eigenvalue weighted by atomic mass is 14.0. The van der Waals surface area contributed by atoms with Crippen molar-refractivity contribution in [3.63, 3.8) is 0 Å². The highest BCUT2D eigenvalue weighted by Crippen LogP contribution is 2.11. The van der Waals surface area contributed by atoms with Crippen LogP contribution in [0.2, 0.25) is 0 Å². The van der Waals surface area contributed by atoms with E-state index >= 15 is 0 Å². The molecule has 0 radical (unpaired) electrons. The fourth-order valence-corrected chi connectivity index (χ4v) is 1.58. The number of hydrogen-bond acceptors (Lipinski definition) is 0. The van der Waals surface area contributed by atoms with Gasteiger partial charge in [-0.25, -0.2) is 0 Å². The van der Waals surface area contributed by atoms with Crippen molar-refractivity contribution < 1.29 is 0 Å². The molecule has 0 bridgehead atoms. The summed E-state index contributed by atoms with van der Waals surface area (Å²) in [6.45, 7) is 14.5. The first-order valence-corrected chi connectivity index (χ1v) is 8.08. The lowest BCUT2D eigenvalue weighted by atomic mass is 10.0. The van der Waals surface area contributed by atoms with Crippen molar-refractivity contribution in [2.24, 2.45) is 0 Å². The molecule has 2 rings (SSSR count). The quantitative estimate of drug-likeness (QED) is 0.510. The van der Waals surface area contributed by atoms with Crippen molar-refractivity contribution in [2.45, 2.75) is 67.2 Å². The predicted molar refractivity (Wildman–Crippen MR) is 95.4 cm³/mol.